The Labute approximate surface area is 193 Å². The standard InChI is InChI=1S/C21H31N3O8S/c1-13(2)10-16(24-21(28)32-12-14-6-4-3-5-7-14)19(26)23-17(20(27)33(29,30)31)11-15-8-9-22-18(15)25/h3-7,13,15-17,20,27H,8-12H2,1-2H3,(H,22,25)(H,23,26)(H,24,28)(H,29,30,31)/p-1/t15?,16-,17-,20?/m0/s1. The van der Waals surface area contributed by atoms with E-state index in [1.165, 1.54) is 0 Å². The van der Waals surface area contributed by atoms with Gasteiger partial charge in [0.15, 0.2) is 5.44 Å². The second-order valence-corrected chi connectivity index (χ2v) is 9.87. The number of carbonyl (C=O) groups is 3. The zero-order valence-corrected chi connectivity index (χ0v) is 19.3. The molecule has 0 aromatic heterocycles. The van der Waals surface area contributed by atoms with Crippen molar-refractivity contribution in [2.24, 2.45) is 11.8 Å². The molecule has 1 aliphatic rings. The zero-order valence-electron chi connectivity index (χ0n) is 18.5. The number of ether oxygens (including phenoxy) is 1. The first-order valence-corrected chi connectivity index (χ1v) is 12.1. The number of aliphatic hydroxyl groups excluding tert-OH is 1. The molecule has 33 heavy (non-hydrogen) atoms. The van der Waals surface area contributed by atoms with Gasteiger partial charge < -0.3 is 30.3 Å². The lowest BCUT2D eigenvalue weighted by atomic mass is 9.97. The summed E-state index contributed by atoms with van der Waals surface area (Å²) in [6.07, 6.45) is -0.546. The van der Waals surface area contributed by atoms with Crippen LogP contribution in [0.25, 0.3) is 0 Å². The fraction of sp³-hybridized carbons (Fsp3) is 0.571. The normalized spacial score (nSPS) is 18.8. The maximum atomic E-state index is 12.9. The maximum absolute atomic E-state index is 12.9. The van der Waals surface area contributed by atoms with Crippen LogP contribution in [0, 0.1) is 11.8 Å². The molecule has 0 radical (unpaired) electrons. The summed E-state index contributed by atoms with van der Waals surface area (Å²) in [5.74, 6) is -1.86. The molecule has 0 spiro atoms. The van der Waals surface area contributed by atoms with E-state index in [-0.39, 0.29) is 31.3 Å². The van der Waals surface area contributed by atoms with Crippen molar-refractivity contribution in [3.63, 3.8) is 0 Å². The van der Waals surface area contributed by atoms with Crippen LogP contribution in [0.5, 0.6) is 0 Å². The zero-order chi connectivity index (χ0) is 24.6. The van der Waals surface area contributed by atoms with Crippen LogP contribution in [-0.4, -0.2) is 60.0 Å². The third kappa shape index (κ3) is 8.63. The highest BCUT2D eigenvalue weighted by Gasteiger charge is 2.35. The van der Waals surface area contributed by atoms with E-state index in [0.29, 0.717) is 13.0 Å². The van der Waals surface area contributed by atoms with Gasteiger partial charge in [0.1, 0.15) is 22.8 Å². The molecule has 3 amide bonds. The summed E-state index contributed by atoms with van der Waals surface area (Å²) in [5.41, 5.74) is -1.70. The Morgan fingerprint density at radius 3 is 2.45 bits per heavy atom. The van der Waals surface area contributed by atoms with E-state index < -0.39 is 45.6 Å². The van der Waals surface area contributed by atoms with Crippen LogP contribution in [0.4, 0.5) is 4.79 Å². The first-order valence-electron chi connectivity index (χ1n) is 10.7. The number of aliphatic hydroxyl groups is 1. The molecule has 11 nitrogen and oxygen atoms in total. The van der Waals surface area contributed by atoms with Crippen molar-refractivity contribution >= 4 is 28.0 Å². The Bertz CT molecular complexity index is 923. The molecule has 4 atom stereocenters. The fourth-order valence-electron chi connectivity index (χ4n) is 3.52. The smallest absolute Gasteiger partial charge is 0.408 e. The van der Waals surface area contributed by atoms with Crippen LogP contribution in [0.3, 0.4) is 0 Å². The highest BCUT2D eigenvalue weighted by Crippen LogP contribution is 2.20. The second kappa shape index (κ2) is 12.0. The van der Waals surface area contributed by atoms with E-state index in [0.717, 1.165) is 5.56 Å². The van der Waals surface area contributed by atoms with Gasteiger partial charge in [-0.15, -0.1) is 0 Å². The molecular weight excluding hydrogens is 454 g/mol. The molecular formula is C21H30N3O8S-. The number of hydrogen-bond donors (Lipinski definition) is 4. The number of rotatable bonds is 11. The van der Waals surface area contributed by atoms with Gasteiger partial charge in [0.2, 0.25) is 11.8 Å². The van der Waals surface area contributed by atoms with Crippen molar-refractivity contribution in [2.45, 2.75) is 57.2 Å². The van der Waals surface area contributed by atoms with E-state index in [2.05, 4.69) is 16.0 Å². The molecule has 1 aromatic rings. The van der Waals surface area contributed by atoms with Gasteiger partial charge in [0.05, 0.1) is 6.04 Å². The van der Waals surface area contributed by atoms with Crippen LogP contribution >= 0.6 is 0 Å². The van der Waals surface area contributed by atoms with Gasteiger partial charge in [-0.25, -0.2) is 13.2 Å². The van der Waals surface area contributed by atoms with Gasteiger partial charge in [-0.2, -0.15) is 0 Å². The molecule has 0 aliphatic carbocycles. The predicted octanol–water partition coefficient (Wildman–Crippen LogP) is 0.202. The second-order valence-electron chi connectivity index (χ2n) is 8.40. The Kier molecular flexibility index (Phi) is 9.62. The van der Waals surface area contributed by atoms with Gasteiger partial charge in [0, 0.05) is 12.5 Å². The van der Waals surface area contributed by atoms with E-state index >= 15 is 0 Å². The molecule has 184 valence electrons. The molecule has 2 unspecified atom stereocenters. The molecule has 1 aromatic carbocycles. The minimum atomic E-state index is -5.17. The molecule has 0 saturated carbocycles. The first kappa shape index (κ1) is 26.6. The van der Waals surface area contributed by atoms with Gasteiger partial charge in [0.25, 0.3) is 0 Å². The van der Waals surface area contributed by atoms with Gasteiger partial charge >= 0.3 is 6.09 Å². The third-order valence-electron chi connectivity index (χ3n) is 5.20. The van der Waals surface area contributed by atoms with E-state index in [1.54, 1.807) is 24.3 Å². The van der Waals surface area contributed by atoms with Crippen molar-refractivity contribution in [1.29, 1.82) is 0 Å². The number of nitrogens with one attached hydrogen (secondary N) is 3. The Hall–Kier alpha value is -2.70. The number of hydrogen-bond acceptors (Lipinski definition) is 8. The van der Waals surface area contributed by atoms with Crippen LogP contribution in [0.2, 0.25) is 0 Å². The maximum Gasteiger partial charge on any atom is 0.408 e. The molecule has 1 saturated heterocycles. The lowest BCUT2D eigenvalue weighted by molar-refractivity contribution is -0.126. The van der Waals surface area contributed by atoms with Crippen molar-refractivity contribution in [2.75, 3.05) is 6.54 Å². The van der Waals surface area contributed by atoms with E-state index in [1.807, 2.05) is 19.9 Å². The Morgan fingerprint density at radius 1 is 1.24 bits per heavy atom. The topological polar surface area (TPSA) is 174 Å². The highest BCUT2D eigenvalue weighted by molar-refractivity contribution is 7.86. The quantitative estimate of drug-likeness (QED) is 0.322. The molecule has 1 fully saturated rings. The van der Waals surface area contributed by atoms with Crippen molar-refractivity contribution in [3.05, 3.63) is 35.9 Å². The highest BCUT2D eigenvalue weighted by atomic mass is 32.2. The lowest BCUT2D eigenvalue weighted by Gasteiger charge is -2.29. The molecule has 2 rings (SSSR count). The Morgan fingerprint density at radius 2 is 1.91 bits per heavy atom. The van der Waals surface area contributed by atoms with Gasteiger partial charge in [-0.3, -0.25) is 9.59 Å². The van der Waals surface area contributed by atoms with E-state index in [4.69, 9.17) is 4.74 Å². The molecule has 12 heteroatoms. The SMILES string of the molecule is CC(C)C[C@H](NC(=O)OCc1ccccc1)C(=O)N[C@@H](CC1CCNC1=O)C(O)S(=O)(=O)[O-]. The van der Waals surface area contributed by atoms with Gasteiger partial charge in [-0.1, -0.05) is 44.2 Å². The number of amides is 3. The number of benzene rings is 1. The summed E-state index contributed by atoms with van der Waals surface area (Å²) in [4.78, 5) is 37.0. The largest absolute Gasteiger partial charge is 0.746 e. The summed E-state index contributed by atoms with van der Waals surface area (Å²) < 4.78 is 39.4. The van der Waals surface area contributed by atoms with E-state index in [9.17, 15) is 32.5 Å². The summed E-state index contributed by atoms with van der Waals surface area (Å²) in [7, 11) is -5.17. The molecule has 4 N–H and O–H groups in total. The lowest BCUT2D eigenvalue weighted by Crippen LogP contribution is -2.55. The predicted molar refractivity (Wildman–Crippen MR) is 116 cm³/mol. The molecule has 0 bridgehead atoms. The summed E-state index contributed by atoms with van der Waals surface area (Å²) in [6.45, 7) is 3.98. The monoisotopic (exact) mass is 484 g/mol. The number of carbonyl (C=O) groups excluding carboxylic acids is 3. The van der Waals surface area contributed by atoms with Crippen LogP contribution in [-0.2, 0) is 31.1 Å². The average Bonchev–Trinajstić information content (AvgIpc) is 3.14. The number of alkyl carbamates (subject to hydrolysis) is 1. The summed E-state index contributed by atoms with van der Waals surface area (Å²) >= 11 is 0. The average molecular weight is 485 g/mol. The minimum Gasteiger partial charge on any atom is -0.746 e. The molecule has 1 heterocycles. The van der Waals surface area contributed by atoms with Gasteiger partial charge in [-0.05, 0) is 30.7 Å². The fourth-order valence-corrected chi connectivity index (χ4v) is 4.10. The van der Waals surface area contributed by atoms with Crippen LogP contribution in [0.1, 0.15) is 38.7 Å². The third-order valence-corrected chi connectivity index (χ3v) is 6.12. The van der Waals surface area contributed by atoms with Crippen LogP contribution in [0.15, 0.2) is 30.3 Å². The van der Waals surface area contributed by atoms with Crippen LogP contribution < -0.4 is 16.0 Å². The molecule has 1 aliphatic heterocycles. The van der Waals surface area contributed by atoms with Crippen molar-refractivity contribution in [1.82, 2.24) is 16.0 Å². The summed E-state index contributed by atoms with van der Waals surface area (Å²) in [6, 6.07) is 6.27. The minimum absolute atomic E-state index is 0.0186. The first-order chi connectivity index (χ1) is 15.5. The summed E-state index contributed by atoms with van der Waals surface area (Å²) in [5, 5.41) is 17.4. The Balaban J connectivity index is 2.08. The van der Waals surface area contributed by atoms with Crippen molar-refractivity contribution < 1.29 is 37.2 Å². The van der Waals surface area contributed by atoms with Crippen molar-refractivity contribution in [3.8, 4) is 0 Å².